The third-order valence-corrected chi connectivity index (χ3v) is 103. The summed E-state index contributed by atoms with van der Waals surface area (Å²) in [4.78, 5) is 40.1. The molecule has 0 heterocycles. The normalized spacial score (nSPS) is 27.6. The summed E-state index contributed by atoms with van der Waals surface area (Å²) < 4.78 is 30.8. The van der Waals surface area contributed by atoms with Crippen LogP contribution in [0.3, 0.4) is 0 Å². The molecule has 6 fully saturated rings. The number of benzene rings is 3. The molecule has 9 rings (SSSR count). The Morgan fingerprint density at radius 1 is 0.412 bits per heavy atom. The van der Waals surface area contributed by atoms with Crippen molar-refractivity contribution in [1.29, 1.82) is 0 Å². The van der Waals surface area contributed by atoms with Gasteiger partial charge < -0.3 is 39.0 Å². The van der Waals surface area contributed by atoms with Crippen molar-refractivity contribution in [2.24, 2.45) is 68.0 Å². The number of hydrogen-bond acceptors (Lipinski definition) is 15. The van der Waals surface area contributed by atoms with Crippen molar-refractivity contribution in [2.75, 3.05) is 26.8 Å². The Hall–Kier alpha value is 5.59. The lowest BCUT2D eigenvalue weighted by Gasteiger charge is -2.62. The molecule has 16 atom stereocenters. The first kappa shape index (κ1) is 113. The minimum absolute atomic E-state index is 0.0257. The molecule has 6 saturated carbocycles. The maximum Gasteiger partial charge on any atom is 0.158 e. The van der Waals surface area contributed by atoms with Crippen LogP contribution in [0, 0.1) is 68.0 Å². The molecule has 11 nitrogen and oxygen atoms in total. The Morgan fingerprint density at radius 3 is 0.975 bits per heavy atom. The van der Waals surface area contributed by atoms with Gasteiger partial charge in [0.15, 0.2) is 5.78 Å². The molecule has 3 aromatic carbocycles. The van der Waals surface area contributed by atoms with Crippen LogP contribution in [0.2, 0.25) is 0 Å². The molecule has 0 amide bonds. The second kappa shape index (κ2) is 65.3. The van der Waals surface area contributed by atoms with Crippen molar-refractivity contribution in [3.63, 3.8) is 0 Å². The van der Waals surface area contributed by atoms with Gasteiger partial charge in [0.1, 0.15) is 31.8 Å². The van der Waals surface area contributed by atoms with Gasteiger partial charge >= 0.3 is 0 Å². The van der Waals surface area contributed by atoms with E-state index in [1.807, 2.05) is 198 Å². The van der Waals surface area contributed by atoms with Crippen molar-refractivity contribution in [3.05, 3.63) is 108 Å². The zero-order valence-electron chi connectivity index (χ0n) is 65.0. The number of aliphatic hydroxyl groups excluding tert-OH is 3. The lowest BCUT2D eigenvalue weighted by molar-refractivity contribution is -0.231. The van der Waals surface area contributed by atoms with Crippen LogP contribution in [0.15, 0.2) is 91.0 Å². The molecule has 4 bridgehead atoms. The highest BCUT2D eigenvalue weighted by Gasteiger charge is 2.70. The minimum atomic E-state index is -0.669. The predicted octanol–water partition coefficient (Wildman–Crippen LogP) is 11.9. The number of rotatable bonds is 20. The highest BCUT2D eigenvalue weighted by atomic mass is 33.5. The first-order valence-corrected chi connectivity index (χ1v) is 89.5. The third-order valence-electron chi connectivity index (χ3n) is 23.1. The number of Topliss-reactive ketones (excluding diaryl/α,β-unsaturated/α-hetero) is 3. The highest BCUT2D eigenvalue weighted by Crippen LogP contribution is 2.70. The fraction of sp³-hybridized carbons (Fsp3) is 0.682. The fourth-order valence-corrected chi connectivity index (χ4v) is 111. The largest absolute Gasteiger partial charge is 0.396 e. The minimum Gasteiger partial charge on any atom is -0.396 e. The maximum absolute atomic E-state index is 13.8. The maximum atomic E-state index is 13.8. The smallest absolute Gasteiger partial charge is 0.158 e. The zero-order chi connectivity index (χ0) is 86.1. The van der Waals surface area contributed by atoms with Gasteiger partial charge in [0, 0.05) is 431 Å². The predicted molar refractivity (Wildman–Crippen MR) is 607 cm³/mol. The number of aliphatic hydroxyl groups is 3. The van der Waals surface area contributed by atoms with E-state index in [1.165, 1.54) is 35.5 Å². The molecule has 3 N–H and O–H groups in total. The molecule has 119 heavy (non-hydrogen) atoms. The van der Waals surface area contributed by atoms with Gasteiger partial charge in [0.05, 0.1) is 44.2 Å². The van der Waals surface area contributed by atoms with Gasteiger partial charge in [0.25, 0.3) is 0 Å². The molecule has 0 saturated heterocycles. The summed E-state index contributed by atoms with van der Waals surface area (Å²) in [5, 5.41) is 34.1. The van der Waals surface area contributed by atoms with Gasteiger partial charge in [-0.15, -0.1) is 0 Å². The summed E-state index contributed by atoms with van der Waals surface area (Å²) in [6.07, 6.45) is 8.70. The van der Waals surface area contributed by atoms with Crippen LogP contribution in [0.4, 0.5) is 0 Å². The van der Waals surface area contributed by atoms with E-state index < -0.39 is 23.0 Å². The van der Waals surface area contributed by atoms with Crippen LogP contribution >= 0.6 is 0 Å². The number of ketones is 3. The summed E-state index contributed by atoms with van der Waals surface area (Å²) in [6, 6.07) is 30.1. The number of carbonyl (C=O) groups is 3. The molecular weight excluding hydrogens is 2320 g/mol. The Labute approximate surface area is 830 Å². The molecule has 53 heteroatoms. The molecule has 0 radical (unpaired) electrons. The molecular formula is C66H94O11S42. The van der Waals surface area contributed by atoms with E-state index in [2.05, 4.69) is 77.8 Å². The van der Waals surface area contributed by atoms with E-state index in [-0.39, 0.29) is 114 Å². The van der Waals surface area contributed by atoms with E-state index in [9.17, 15) is 29.7 Å². The van der Waals surface area contributed by atoms with Gasteiger partial charge in [-0.3, -0.25) is 14.4 Å². The molecule has 2 unspecified atom stereocenters. The van der Waals surface area contributed by atoms with E-state index in [1.54, 1.807) is 195 Å². The lowest BCUT2D eigenvalue weighted by atomic mass is 9.43. The Kier molecular flexibility index (Phi) is 62.2. The summed E-state index contributed by atoms with van der Waals surface area (Å²) >= 11 is 19.0. The zero-order valence-corrected chi connectivity index (χ0v) is 99.3. The average molecular weight is 2410 g/mol. The Bertz CT molecular complexity index is 5640. The fourth-order valence-electron chi connectivity index (χ4n) is 17.6. The second-order valence-electron chi connectivity index (χ2n) is 28.4. The molecule has 0 spiro atoms. The Morgan fingerprint density at radius 2 is 0.689 bits per heavy atom. The second-order valence-corrected chi connectivity index (χ2v) is 95.6. The van der Waals surface area contributed by atoms with E-state index in [4.69, 9.17) is 46.1 Å². The van der Waals surface area contributed by atoms with E-state index in [0.717, 1.165) is 68.1 Å². The van der Waals surface area contributed by atoms with Crippen LogP contribution < -0.4 is 0 Å². The monoisotopic (exact) mass is 2410 g/mol. The molecule has 3 aromatic rings. The summed E-state index contributed by atoms with van der Waals surface area (Å²) in [6.45, 7) is 19.5. The molecule has 0 aliphatic heterocycles. The summed E-state index contributed by atoms with van der Waals surface area (Å²) in [7, 11) is 65.4. The third kappa shape index (κ3) is 37.5. The first-order chi connectivity index (χ1) is 57.7. The number of hydrogen-bond donors (Lipinski definition) is 3. The molecule has 6 aliphatic carbocycles. The van der Waals surface area contributed by atoms with Crippen LogP contribution in [0.25, 0.3) is 0 Å². The van der Waals surface area contributed by atoms with Gasteiger partial charge in [0.2, 0.25) is 0 Å². The molecule has 6 aliphatic rings. The standard InChI is InChI=1S/C38H52O6.C28H42O5.S30.S12/c1-5-36(3)22-33(41)37(4)30(16-17-31(39)25-42-23-28-12-8-6-9-13-28)18-20-38(21-19-32(40)34(37)38)27(2)35(36)44-26-43-24-29-14-10-7-11-15-29;1-5-26(3)15-23(31)27(4)21(16-29)11-13-28(14-12-22(30)24(27)28)19(2)25(26)33-18-32-17-20-9-7-6-8-10-20;1-3-5-7-9-11-13-15-17-19-21-23-25-27-29-30-28-26-24-22-20-18-16-14-12-10-8-6-4-2;1-3-5-7-9-11-12-10-8-6-4-2/h6-15,27,30,33-35,41H,5,16-26H2,1-4H3;6-10,19,21,23-25,29,31H,5,11-18H2,1-4H3;;/t27-,30+,33+,34?,35-,36-,37-,38-;19-,21-,23+,24?,25-,26-,27-,28-;;/m00../s1. The van der Waals surface area contributed by atoms with Gasteiger partial charge in [-0.05, 0) is 133 Å². The lowest BCUT2D eigenvalue weighted by Crippen LogP contribution is -2.63. The topological polar surface area (TPSA) is 158 Å². The average Bonchev–Trinajstić information content (AvgIpc) is 1.63. The van der Waals surface area contributed by atoms with Gasteiger partial charge in [-0.25, -0.2) is 0 Å². The van der Waals surface area contributed by atoms with Crippen molar-refractivity contribution in [3.8, 4) is 0 Å². The SMILES string of the molecule is CC[C@@]1(C)C[C@@H](O)[C@@]2(C)C3C(=O)CC[C@@]3(CC[C@H]2CCC(=O)COCc2ccccc2)[C@@H](C)[C@@H]1OCOCc1ccccc1.CC[C@@]1(C)C[C@@H](O)[C@@]2(C)C3C(=O)CC[C@@]3(CC[C@H]2CO)[C@@H](C)[C@@H]1OCOCc1ccccc1.S=S=S=S=S=S=S=S=S=S=S=S.S=S=S=S=S=S=S=S=S=S=S=S=S=S=S=S=S=S=S=S=S=S=S=S=S=S=S=S=S=S. The number of ether oxygens (including phenoxy) is 5. The van der Waals surface area contributed by atoms with Crippen LogP contribution in [-0.2, 0) is 440 Å². The summed E-state index contributed by atoms with van der Waals surface area (Å²) in [5.74, 6) is 0.495. The first-order valence-electron chi connectivity index (χ1n) is 36.2. The van der Waals surface area contributed by atoms with E-state index >= 15 is 0 Å². The van der Waals surface area contributed by atoms with Crippen molar-refractivity contribution >= 4 is 400 Å². The van der Waals surface area contributed by atoms with Crippen molar-refractivity contribution < 1.29 is 53.4 Å². The van der Waals surface area contributed by atoms with Crippen LogP contribution in [0.1, 0.15) is 162 Å². The highest BCUT2D eigenvalue weighted by molar-refractivity contribution is 8.80. The number of carbonyl (C=O) groups excluding carboxylic acids is 3. The van der Waals surface area contributed by atoms with E-state index in [0.29, 0.717) is 58.3 Å². The van der Waals surface area contributed by atoms with Crippen molar-refractivity contribution in [2.45, 2.75) is 190 Å². The summed E-state index contributed by atoms with van der Waals surface area (Å²) in [5.41, 5.74) is 1.11. The van der Waals surface area contributed by atoms with Gasteiger partial charge in [-0.2, -0.15) is 0 Å². The molecule has 676 valence electrons. The molecule has 0 aromatic heterocycles. The van der Waals surface area contributed by atoms with Crippen molar-refractivity contribution in [1.82, 2.24) is 0 Å². The van der Waals surface area contributed by atoms with Crippen LogP contribution in [-0.4, -0.2) is 83.9 Å². The van der Waals surface area contributed by atoms with Gasteiger partial charge in [-0.1, -0.05) is 146 Å². The Balaban J connectivity index is 0.000000263. The van der Waals surface area contributed by atoms with Crippen LogP contribution in [0.5, 0.6) is 0 Å². The quantitative estimate of drug-likeness (QED) is 0.0724.